The minimum absolute atomic E-state index is 0.0557. The second kappa shape index (κ2) is 6.21. The Kier molecular flexibility index (Phi) is 4.94. The van der Waals surface area contributed by atoms with Gasteiger partial charge < -0.3 is 0 Å². The normalized spacial score (nSPS) is 24.0. The lowest BCUT2D eigenvalue weighted by Crippen LogP contribution is -2.41. The third-order valence-corrected chi connectivity index (χ3v) is 5.37. The molecule has 118 valence electrons. The molecule has 0 bridgehead atoms. The summed E-state index contributed by atoms with van der Waals surface area (Å²) in [4.78, 5) is 3.69. The van der Waals surface area contributed by atoms with Gasteiger partial charge in [0, 0.05) is 22.9 Å². The minimum atomic E-state index is -4.28. The molecule has 1 N–H and O–H groups in total. The van der Waals surface area contributed by atoms with Crippen LogP contribution in [0.15, 0.2) is 27.8 Å². The summed E-state index contributed by atoms with van der Waals surface area (Å²) in [6.07, 6.45) is -1.08. The Morgan fingerprint density at radius 3 is 2.62 bits per heavy atom. The van der Waals surface area contributed by atoms with Crippen molar-refractivity contribution in [3.05, 3.63) is 22.9 Å². The second-order valence-corrected chi connectivity index (χ2v) is 7.69. The number of hydrogen-bond donors (Lipinski definition) is 1. The van der Waals surface area contributed by atoms with E-state index in [-0.39, 0.29) is 17.7 Å². The minimum Gasteiger partial charge on any atom is -0.262 e. The van der Waals surface area contributed by atoms with Gasteiger partial charge in [0.2, 0.25) is 10.0 Å². The molecular weight excluding hydrogens is 373 g/mol. The number of nitrogens with zero attached hydrogens (tertiary/aromatic N) is 1. The van der Waals surface area contributed by atoms with E-state index in [1.807, 2.05) is 0 Å². The Morgan fingerprint density at radius 1 is 1.29 bits per heavy atom. The van der Waals surface area contributed by atoms with E-state index in [1.165, 1.54) is 12.3 Å². The number of sulfonamides is 1. The first-order valence-electron chi connectivity index (χ1n) is 6.38. The van der Waals surface area contributed by atoms with Gasteiger partial charge in [-0.1, -0.05) is 6.42 Å². The van der Waals surface area contributed by atoms with Gasteiger partial charge in [-0.3, -0.25) is 4.98 Å². The fourth-order valence-corrected chi connectivity index (χ4v) is 4.21. The SMILES string of the molecule is O=S(=O)(NC1CCCC(C(F)(F)F)C1)c1cncc(Br)c1. The molecule has 2 atom stereocenters. The van der Waals surface area contributed by atoms with E-state index in [4.69, 9.17) is 0 Å². The summed E-state index contributed by atoms with van der Waals surface area (Å²) < 4.78 is 65.3. The van der Waals surface area contributed by atoms with Crippen LogP contribution in [-0.2, 0) is 10.0 Å². The van der Waals surface area contributed by atoms with Crippen LogP contribution in [0.5, 0.6) is 0 Å². The highest BCUT2D eigenvalue weighted by Gasteiger charge is 2.42. The third-order valence-electron chi connectivity index (χ3n) is 3.45. The molecule has 1 aliphatic rings. The lowest BCUT2D eigenvalue weighted by Gasteiger charge is -2.30. The Balaban J connectivity index is 2.10. The zero-order chi connectivity index (χ0) is 15.7. The van der Waals surface area contributed by atoms with E-state index in [0.29, 0.717) is 17.3 Å². The highest BCUT2D eigenvalue weighted by Crippen LogP contribution is 2.37. The van der Waals surface area contributed by atoms with E-state index in [1.54, 1.807) is 0 Å². The molecule has 4 nitrogen and oxygen atoms in total. The molecular formula is C12H14BrF3N2O2S. The topological polar surface area (TPSA) is 59.1 Å². The number of nitrogens with one attached hydrogen (secondary N) is 1. The molecule has 0 amide bonds. The first-order chi connectivity index (χ1) is 9.68. The van der Waals surface area contributed by atoms with Crippen molar-refractivity contribution in [2.75, 3.05) is 0 Å². The van der Waals surface area contributed by atoms with Crippen LogP contribution in [0, 0.1) is 5.92 Å². The highest BCUT2D eigenvalue weighted by molar-refractivity contribution is 9.10. The van der Waals surface area contributed by atoms with Gasteiger partial charge >= 0.3 is 6.18 Å². The zero-order valence-corrected chi connectivity index (χ0v) is 13.3. The van der Waals surface area contributed by atoms with Crippen molar-refractivity contribution < 1.29 is 21.6 Å². The molecule has 0 aromatic carbocycles. The zero-order valence-electron chi connectivity index (χ0n) is 10.9. The van der Waals surface area contributed by atoms with Crippen LogP contribution in [0.3, 0.4) is 0 Å². The number of alkyl halides is 3. The van der Waals surface area contributed by atoms with Crippen molar-refractivity contribution in [2.45, 2.75) is 42.8 Å². The van der Waals surface area contributed by atoms with Gasteiger partial charge in [-0.15, -0.1) is 0 Å². The number of aromatic nitrogens is 1. The van der Waals surface area contributed by atoms with Crippen LogP contribution in [0.4, 0.5) is 13.2 Å². The molecule has 1 heterocycles. The summed E-state index contributed by atoms with van der Waals surface area (Å²) in [6.45, 7) is 0. The second-order valence-electron chi connectivity index (χ2n) is 5.06. The molecule has 1 aromatic rings. The van der Waals surface area contributed by atoms with Gasteiger partial charge in [0.25, 0.3) is 0 Å². The Bertz CT molecular complexity index is 607. The molecule has 9 heteroatoms. The number of halogens is 4. The van der Waals surface area contributed by atoms with E-state index < -0.39 is 28.2 Å². The number of pyridine rings is 1. The maximum absolute atomic E-state index is 12.7. The van der Waals surface area contributed by atoms with Crippen molar-refractivity contribution in [2.24, 2.45) is 5.92 Å². The summed E-state index contributed by atoms with van der Waals surface area (Å²) in [5, 5.41) is 0. The van der Waals surface area contributed by atoms with Gasteiger partial charge in [0.05, 0.1) is 5.92 Å². The quantitative estimate of drug-likeness (QED) is 0.867. The maximum Gasteiger partial charge on any atom is 0.391 e. The van der Waals surface area contributed by atoms with Crippen LogP contribution in [0.2, 0.25) is 0 Å². The lowest BCUT2D eigenvalue weighted by atomic mass is 9.86. The summed E-state index contributed by atoms with van der Waals surface area (Å²) in [6, 6.07) is 0.661. The van der Waals surface area contributed by atoms with Gasteiger partial charge in [0.1, 0.15) is 4.90 Å². The molecule has 1 aliphatic carbocycles. The Labute approximate surface area is 129 Å². The van der Waals surface area contributed by atoms with Crippen molar-refractivity contribution in [1.29, 1.82) is 0 Å². The molecule has 2 unspecified atom stereocenters. The molecule has 2 rings (SSSR count). The first kappa shape index (κ1) is 16.7. The number of rotatable bonds is 3. The predicted molar refractivity (Wildman–Crippen MR) is 74.1 cm³/mol. The Morgan fingerprint density at radius 2 is 2.00 bits per heavy atom. The Hall–Kier alpha value is -0.670. The fraction of sp³-hybridized carbons (Fsp3) is 0.583. The molecule has 1 fully saturated rings. The summed E-state index contributed by atoms with van der Waals surface area (Å²) in [5.74, 6) is -1.44. The largest absolute Gasteiger partial charge is 0.391 e. The van der Waals surface area contributed by atoms with E-state index in [2.05, 4.69) is 25.6 Å². The van der Waals surface area contributed by atoms with Crippen molar-refractivity contribution in [3.8, 4) is 0 Å². The van der Waals surface area contributed by atoms with Crippen LogP contribution in [0.25, 0.3) is 0 Å². The third kappa shape index (κ3) is 4.40. The van der Waals surface area contributed by atoms with E-state index >= 15 is 0 Å². The van der Waals surface area contributed by atoms with Crippen molar-refractivity contribution >= 4 is 26.0 Å². The molecule has 0 aliphatic heterocycles. The van der Waals surface area contributed by atoms with Crippen LogP contribution >= 0.6 is 15.9 Å². The highest BCUT2D eigenvalue weighted by atomic mass is 79.9. The fourth-order valence-electron chi connectivity index (χ4n) is 2.42. The number of hydrogen-bond acceptors (Lipinski definition) is 3. The molecule has 0 spiro atoms. The van der Waals surface area contributed by atoms with Gasteiger partial charge in [-0.25, -0.2) is 13.1 Å². The summed E-state index contributed by atoms with van der Waals surface area (Å²) >= 11 is 3.11. The monoisotopic (exact) mass is 386 g/mol. The van der Waals surface area contributed by atoms with E-state index in [9.17, 15) is 21.6 Å². The van der Waals surface area contributed by atoms with Gasteiger partial charge in [-0.05, 0) is 41.3 Å². The smallest absolute Gasteiger partial charge is 0.262 e. The molecule has 1 saturated carbocycles. The molecule has 0 radical (unpaired) electrons. The van der Waals surface area contributed by atoms with Gasteiger partial charge in [0.15, 0.2) is 0 Å². The van der Waals surface area contributed by atoms with Crippen LogP contribution in [-0.4, -0.2) is 25.6 Å². The molecule has 1 aromatic heterocycles. The average Bonchev–Trinajstić information content (AvgIpc) is 2.37. The predicted octanol–water partition coefficient (Wildman–Crippen LogP) is 3.24. The summed E-state index contributed by atoms with van der Waals surface area (Å²) in [7, 11) is -3.86. The van der Waals surface area contributed by atoms with Gasteiger partial charge in [-0.2, -0.15) is 13.2 Å². The van der Waals surface area contributed by atoms with Crippen molar-refractivity contribution in [1.82, 2.24) is 9.71 Å². The lowest BCUT2D eigenvalue weighted by molar-refractivity contribution is -0.183. The molecule has 21 heavy (non-hydrogen) atoms. The van der Waals surface area contributed by atoms with Crippen LogP contribution in [0.1, 0.15) is 25.7 Å². The molecule has 0 saturated heterocycles. The average molecular weight is 387 g/mol. The summed E-state index contributed by atoms with van der Waals surface area (Å²) in [5.41, 5.74) is 0. The standard InChI is InChI=1S/C12H14BrF3N2O2S/c13-9-5-11(7-17-6-9)21(19,20)18-10-3-1-2-8(4-10)12(14,15)16/h5-8,10,18H,1-4H2. The van der Waals surface area contributed by atoms with Crippen molar-refractivity contribution in [3.63, 3.8) is 0 Å². The first-order valence-corrected chi connectivity index (χ1v) is 8.66. The maximum atomic E-state index is 12.7. The van der Waals surface area contributed by atoms with Crippen LogP contribution < -0.4 is 4.72 Å². The van der Waals surface area contributed by atoms with E-state index in [0.717, 1.165) is 6.20 Å².